The van der Waals surface area contributed by atoms with Gasteiger partial charge >= 0.3 is 5.97 Å². The Morgan fingerprint density at radius 1 is 0.969 bits per heavy atom. The molecule has 2 aromatic rings. The van der Waals surface area contributed by atoms with Crippen molar-refractivity contribution in [3.05, 3.63) is 75.4 Å². The molecule has 2 heteroatoms. The fourth-order valence-corrected chi connectivity index (χ4v) is 6.57. The van der Waals surface area contributed by atoms with E-state index in [0.29, 0.717) is 5.56 Å². The first-order valence-corrected chi connectivity index (χ1v) is 12.1. The minimum Gasteiger partial charge on any atom is -0.465 e. The third-order valence-corrected chi connectivity index (χ3v) is 8.79. The third kappa shape index (κ3) is 3.17. The van der Waals surface area contributed by atoms with E-state index < -0.39 is 0 Å². The average molecular weight is 429 g/mol. The highest BCUT2D eigenvalue weighted by Gasteiger charge is 2.61. The second kappa shape index (κ2) is 7.07. The molecule has 2 nitrogen and oxygen atoms in total. The maximum Gasteiger partial charge on any atom is 0.337 e. The molecule has 3 aliphatic carbocycles. The molecule has 0 N–H and O–H groups in total. The minimum absolute atomic E-state index is 0.220. The molecule has 32 heavy (non-hydrogen) atoms. The highest BCUT2D eigenvalue weighted by Crippen LogP contribution is 2.68. The molecular formula is C30H36O2. The number of hydrogen-bond acceptors (Lipinski definition) is 2. The Balaban J connectivity index is 1.56. The Bertz CT molecular complexity index is 1120. The van der Waals surface area contributed by atoms with Crippen LogP contribution in [0.4, 0.5) is 0 Å². The van der Waals surface area contributed by atoms with E-state index in [4.69, 9.17) is 4.74 Å². The number of aryl methyl sites for hydroxylation is 1. The summed E-state index contributed by atoms with van der Waals surface area (Å²) in [6, 6.07) is 13.0. The number of methoxy groups -OCH3 is 1. The van der Waals surface area contributed by atoms with E-state index in [1.165, 1.54) is 50.3 Å². The molecule has 2 unspecified atom stereocenters. The lowest BCUT2D eigenvalue weighted by atomic mass is 9.62. The highest BCUT2D eigenvalue weighted by atomic mass is 16.5. The molecule has 168 valence electrons. The van der Waals surface area contributed by atoms with Crippen LogP contribution in [0.1, 0.15) is 98.0 Å². The van der Waals surface area contributed by atoms with E-state index in [0.717, 1.165) is 5.92 Å². The summed E-state index contributed by atoms with van der Waals surface area (Å²) in [5.41, 5.74) is 10.2. The van der Waals surface area contributed by atoms with Crippen LogP contribution >= 0.6 is 0 Å². The summed E-state index contributed by atoms with van der Waals surface area (Å²) >= 11 is 0. The molecular weight excluding hydrogens is 392 g/mol. The summed E-state index contributed by atoms with van der Waals surface area (Å²) in [6.07, 6.45) is 8.64. The van der Waals surface area contributed by atoms with E-state index in [9.17, 15) is 4.79 Å². The van der Waals surface area contributed by atoms with Crippen molar-refractivity contribution < 1.29 is 9.53 Å². The Morgan fingerprint density at radius 2 is 1.59 bits per heavy atom. The molecule has 2 atom stereocenters. The first-order chi connectivity index (χ1) is 15.1. The van der Waals surface area contributed by atoms with Crippen molar-refractivity contribution >= 4 is 12.0 Å². The maximum atomic E-state index is 11.8. The molecule has 2 saturated carbocycles. The zero-order valence-electron chi connectivity index (χ0n) is 20.5. The number of fused-ring (bicyclic) bond motifs is 2. The van der Waals surface area contributed by atoms with Gasteiger partial charge in [-0.05, 0) is 95.7 Å². The van der Waals surface area contributed by atoms with Crippen molar-refractivity contribution in [3.8, 4) is 0 Å². The second-order valence-electron chi connectivity index (χ2n) is 11.7. The third-order valence-electron chi connectivity index (χ3n) is 8.79. The summed E-state index contributed by atoms with van der Waals surface area (Å²) in [7, 11) is 1.43. The van der Waals surface area contributed by atoms with Crippen LogP contribution in [0, 0.1) is 12.8 Å². The monoisotopic (exact) mass is 428 g/mol. The van der Waals surface area contributed by atoms with E-state index in [-0.39, 0.29) is 22.2 Å². The topological polar surface area (TPSA) is 26.3 Å². The van der Waals surface area contributed by atoms with Gasteiger partial charge in [-0.25, -0.2) is 4.79 Å². The summed E-state index contributed by atoms with van der Waals surface area (Å²) in [5, 5.41) is 0. The maximum absolute atomic E-state index is 11.8. The Labute approximate surface area is 193 Å². The lowest BCUT2D eigenvalue weighted by Gasteiger charge is -2.43. The van der Waals surface area contributed by atoms with Gasteiger partial charge < -0.3 is 4.74 Å². The summed E-state index contributed by atoms with van der Waals surface area (Å²) in [5.74, 6) is 0.499. The predicted octanol–water partition coefficient (Wildman–Crippen LogP) is 7.27. The zero-order chi connectivity index (χ0) is 22.9. The Hall–Kier alpha value is -2.35. The number of esters is 1. The van der Waals surface area contributed by atoms with Crippen LogP contribution in [0.15, 0.2) is 42.0 Å². The van der Waals surface area contributed by atoms with Crippen LogP contribution in [0.25, 0.3) is 6.08 Å². The van der Waals surface area contributed by atoms with Gasteiger partial charge in [-0.2, -0.15) is 0 Å². The van der Waals surface area contributed by atoms with Gasteiger partial charge in [-0.15, -0.1) is 0 Å². The smallest absolute Gasteiger partial charge is 0.337 e. The molecule has 5 rings (SSSR count). The van der Waals surface area contributed by atoms with Crippen LogP contribution in [-0.2, 0) is 21.0 Å². The van der Waals surface area contributed by atoms with E-state index in [1.54, 1.807) is 22.3 Å². The fraction of sp³-hybridized carbons (Fsp3) is 0.500. The van der Waals surface area contributed by atoms with Crippen molar-refractivity contribution in [1.29, 1.82) is 0 Å². The van der Waals surface area contributed by atoms with Gasteiger partial charge in [0, 0.05) is 5.41 Å². The first kappa shape index (κ1) is 21.5. The molecule has 3 aliphatic rings. The van der Waals surface area contributed by atoms with Gasteiger partial charge in [0.1, 0.15) is 0 Å². The summed E-state index contributed by atoms with van der Waals surface area (Å²) in [6.45, 7) is 12.0. The normalized spacial score (nSPS) is 28.2. The van der Waals surface area contributed by atoms with Crippen molar-refractivity contribution in [1.82, 2.24) is 0 Å². The molecule has 2 aromatic carbocycles. The molecule has 0 amide bonds. The second-order valence-corrected chi connectivity index (χ2v) is 11.7. The Morgan fingerprint density at radius 3 is 2.19 bits per heavy atom. The molecule has 0 aliphatic heterocycles. The van der Waals surface area contributed by atoms with Gasteiger partial charge in [0.05, 0.1) is 12.7 Å². The molecule has 0 saturated heterocycles. The van der Waals surface area contributed by atoms with E-state index in [2.05, 4.69) is 52.8 Å². The van der Waals surface area contributed by atoms with Gasteiger partial charge in [0.2, 0.25) is 0 Å². The average Bonchev–Trinajstić information content (AvgIpc) is 3.40. The van der Waals surface area contributed by atoms with Gasteiger partial charge in [-0.1, -0.05) is 63.6 Å². The number of rotatable bonds is 3. The summed E-state index contributed by atoms with van der Waals surface area (Å²) in [4.78, 5) is 11.8. The molecule has 0 heterocycles. The highest BCUT2D eigenvalue weighted by molar-refractivity contribution is 5.89. The number of carbonyl (C=O) groups is 1. The number of ether oxygens (including phenoxy) is 1. The van der Waals surface area contributed by atoms with Crippen molar-refractivity contribution in [2.24, 2.45) is 5.92 Å². The van der Waals surface area contributed by atoms with Crippen LogP contribution in [0.2, 0.25) is 0 Å². The van der Waals surface area contributed by atoms with Gasteiger partial charge in [0.15, 0.2) is 0 Å². The molecule has 0 radical (unpaired) electrons. The number of benzene rings is 2. The van der Waals surface area contributed by atoms with Gasteiger partial charge in [0.25, 0.3) is 0 Å². The van der Waals surface area contributed by atoms with E-state index in [1.807, 2.05) is 24.3 Å². The van der Waals surface area contributed by atoms with Gasteiger partial charge in [-0.3, -0.25) is 0 Å². The lowest BCUT2D eigenvalue weighted by molar-refractivity contribution is 0.0600. The Kier molecular flexibility index (Phi) is 4.75. The summed E-state index contributed by atoms with van der Waals surface area (Å²) < 4.78 is 4.84. The quantitative estimate of drug-likeness (QED) is 0.481. The van der Waals surface area contributed by atoms with Crippen molar-refractivity contribution in [2.75, 3.05) is 7.11 Å². The number of allylic oxidation sites excluding steroid dienone is 1. The molecule has 0 bridgehead atoms. The number of carbonyl (C=O) groups excluding carboxylic acids is 1. The lowest BCUT2D eigenvalue weighted by Crippen LogP contribution is -2.34. The number of hydrogen-bond donors (Lipinski definition) is 0. The standard InChI is InChI=1S/C30H36O2/c1-19-15-25-26(29(4,5)14-13-28(25,2)3)17-24(19)30-18-23(30)12-11-22(30)16-20-7-9-21(10-8-20)27(31)32-6/h7-10,15-17,23H,11-14,18H2,1-6H3. The zero-order valence-corrected chi connectivity index (χ0v) is 20.5. The molecule has 0 spiro atoms. The van der Waals surface area contributed by atoms with Crippen LogP contribution in [0.3, 0.4) is 0 Å². The fourth-order valence-electron chi connectivity index (χ4n) is 6.57. The van der Waals surface area contributed by atoms with Crippen molar-refractivity contribution in [3.63, 3.8) is 0 Å². The minimum atomic E-state index is -0.279. The van der Waals surface area contributed by atoms with E-state index >= 15 is 0 Å². The molecule has 0 aromatic heterocycles. The van der Waals surface area contributed by atoms with Crippen LogP contribution in [-0.4, -0.2) is 13.1 Å². The van der Waals surface area contributed by atoms with Crippen LogP contribution < -0.4 is 0 Å². The largest absolute Gasteiger partial charge is 0.465 e. The first-order valence-electron chi connectivity index (χ1n) is 12.1. The van der Waals surface area contributed by atoms with Crippen molar-refractivity contribution in [2.45, 2.75) is 83.0 Å². The SMILES string of the molecule is COC(=O)c1ccc(C=C2CCC3CC23c2cc3c(cc2C)C(C)(C)CCC3(C)C)cc1. The van der Waals surface area contributed by atoms with Crippen LogP contribution in [0.5, 0.6) is 0 Å². The predicted molar refractivity (Wildman–Crippen MR) is 131 cm³/mol. The molecule has 2 fully saturated rings.